The van der Waals surface area contributed by atoms with E-state index in [4.69, 9.17) is 16.3 Å². The van der Waals surface area contributed by atoms with Gasteiger partial charge in [-0.25, -0.2) is 9.18 Å². The Morgan fingerprint density at radius 1 is 1.33 bits per heavy atom. The van der Waals surface area contributed by atoms with Gasteiger partial charge in [0.15, 0.2) is 0 Å². The second kappa shape index (κ2) is 6.59. The van der Waals surface area contributed by atoms with Gasteiger partial charge in [0.25, 0.3) is 0 Å². The zero-order valence-corrected chi connectivity index (χ0v) is 12.5. The fourth-order valence-electron chi connectivity index (χ4n) is 2.01. The highest BCUT2D eigenvalue weighted by Crippen LogP contribution is 2.22. The van der Waals surface area contributed by atoms with Gasteiger partial charge in [0.1, 0.15) is 5.82 Å². The van der Waals surface area contributed by atoms with E-state index in [0.717, 1.165) is 16.8 Å². The summed E-state index contributed by atoms with van der Waals surface area (Å²) in [5.41, 5.74) is 2.88. The lowest BCUT2D eigenvalue weighted by Gasteiger charge is -2.13. The van der Waals surface area contributed by atoms with E-state index in [1.807, 2.05) is 13.0 Å². The van der Waals surface area contributed by atoms with E-state index in [0.29, 0.717) is 17.1 Å². The van der Waals surface area contributed by atoms with Gasteiger partial charge in [0.05, 0.1) is 12.7 Å². The zero-order valence-electron chi connectivity index (χ0n) is 11.7. The lowest BCUT2D eigenvalue weighted by molar-refractivity contribution is 0.0600. The molecule has 0 aliphatic carbocycles. The highest BCUT2D eigenvalue weighted by atomic mass is 35.5. The van der Waals surface area contributed by atoms with Gasteiger partial charge in [0.2, 0.25) is 0 Å². The Kier molecular flexibility index (Phi) is 4.81. The molecule has 21 heavy (non-hydrogen) atoms. The molecule has 2 aromatic rings. The van der Waals surface area contributed by atoms with Crippen LogP contribution in [0.2, 0.25) is 5.02 Å². The van der Waals surface area contributed by atoms with Crippen LogP contribution < -0.4 is 5.32 Å². The average Bonchev–Trinajstić information content (AvgIpc) is 2.47. The maximum atomic E-state index is 13.0. The summed E-state index contributed by atoms with van der Waals surface area (Å²) in [6.45, 7) is 2.27. The monoisotopic (exact) mass is 307 g/mol. The normalized spacial score (nSPS) is 10.3. The fourth-order valence-corrected chi connectivity index (χ4v) is 2.25. The lowest BCUT2D eigenvalue weighted by Crippen LogP contribution is -2.07. The van der Waals surface area contributed by atoms with Crippen LogP contribution in [0.1, 0.15) is 21.5 Å². The van der Waals surface area contributed by atoms with Crippen LogP contribution in [0, 0.1) is 12.7 Å². The summed E-state index contributed by atoms with van der Waals surface area (Å²) in [6, 6.07) is 9.60. The second-order valence-corrected chi connectivity index (χ2v) is 4.97. The first kappa shape index (κ1) is 15.3. The Balaban J connectivity index is 2.18. The zero-order chi connectivity index (χ0) is 15.4. The predicted octanol–water partition coefficient (Wildman–Crippen LogP) is 4.19. The van der Waals surface area contributed by atoms with Crippen molar-refractivity contribution in [2.24, 2.45) is 0 Å². The van der Waals surface area contributed by atoms with Crippen LogP contribution in [-0.4, -0.2) is 13.1 Å². The molecule has 0 atom stereocenters. The van der Waals surface area contributed by atoms with Crippen molar-refractivity contribution in [3.63, 3.8) is 0 Å². The minimum Gasteiger partial charge on any atom is -0.465 e. The minimum absolute atomic E-state index is 0.365. The van der Waals surface area contributed by atoms with Crippen molar-refractivity contribution in [1.82, 2.24) is 0 Å². The number of esters is 1. The predicted molar refractivity (Wildman–Crippen MR) is 81.3 cm³/mol. The quantitative estimate of drug-likeness (QED) is 0.861. The van der Waals surface area contributed by atoms with Gasteiger partial charge >= 0.3 is 5.97 Å². The lowest BCUT2D eigenvalue weighted by atomic mass is 10.1. The highest BCUT2D eigenvalue weighted by molar-refractivity contribution is 6.31. The topological polar surface area (TPSA) is 38.3 Å². The molecule has 110 valence electrons. The van der Waals surface area contributed by atoms with Crippen LogP contribution >= 0.6 is 11.6 Å². The number of carbonyl (C=O) groups is 1. The van der Waals surface area contributed by atoms with Gasteiger partial charge < -0.3 is 10.1 Å². The molecule has 0 bridgehead atoms. The number of anilines is 1. The Hall–Kier alpha value is -2.07. The molecule has 0 aliphatic rings. The maximum Gasteiger partial charge on any atom is 0.338 e. The molecular formula is C16H15ClFNO2. The number of ether oxygens (including phenoxy) is 1. The van der Waals surface area contributed by atoms with Gasteiger partial charge in [-0.3, -0.25) is 0 Å². The van der Waals surface area contributed by atoms with Crippen LogP contribution in [0.25, 0.3) is 0 Å². The summed E-state index contributed by atoms with van der Waals surface area (Å²) in [5, 5.41) is 3.56. The molecule has 0 heterocycles. The molecule has 0 unspecified atom stereocenters. The number of nitrogens with one attached hydrogen (secondary N) is 1. The van der Waals surface area contributed by atoms with Crippen LogP contribution in [0.5, 0.6) is 0 Å². The molecule has 0 saturated carbocycles. The largest absolute Gasteiger partial charge is 0.465 e. The van der Waals surface area contributed by atoms with Crippen molar-refractivity contribution >= 4 is 23.3 Å². The third-order valence-electron chi connectivity index (χ3n) is 3.22. The number of hydrogen-bond donors (Lipinski definition) is 1. The molecule has 0 fully saturated rings. The first-order valence-corrected chi connectivity index (χ1v) is 6.76. The van der Waals surface area contributed by atoms with Crippen molar-refractivity contribution in [3.8, 4) is 0 Å². The maximum absolute atomic E-state index is 13.0. The Morgan fingerprint density at radius 2 is 2.10 bits per heavy atom. The molecule has 0 spiro atoms. The van der Waals surface area contributed by atoms with Crippen molar-refractivity contribution in [2.75, 3.05) is 12.4 Å². The van der Waals surface area contributed by atoms with Gasteiger partial charge in [0, 0.05) is 17.3 Å². The van der Waals surface area contributed by atoms with Crippen LogP contribution in [0.15, 0.2) is 36.4 Å². The SMILES string of the molecule is COC(=O)c1cccc(NCc2ccc(F)cc2Cl)c1C. The molecule has 2 aromatic carbocycles. The molecular weight excluding hydrogens is 293 g/mol. The third-order valence-corrected chi connectivity index (χ3v) is 3.58. The molecule has 0 radical (unpaired) electrons. The molecule has 0 aliphatic heterocycles. The first-order valence-electron chi connectivity index (χ1n) is 6.38. The molecule has 3 nitrogen and oxygen atoms in total. The van der Waals surface area contributed by atoms with Crippen molar-refractivity contribution in [1.29, 1.82) is 0 Å². The summed E-state index contributed by atoms with van der Waals surface area (Å²) < 4.78 is 17.7. The average molecular weight is 308 g/mol. The molecule has 1 N–H and O–H groups in total. The Bertz CT molecular complexity index is 673. The van der Waals surface area contributed by atoms with E-state index in [9.17, 15) is 9.18 Å². The molecule has 2 rings (SSSR count). The van der Waals surface area contributed by atoms with E-state index >= 15 is 0 Å². The van der Waals surface area contributed by atoms with Gasteiger partial charge in [-0.1, -0.05) is 23.7 Å². The van der Waals surface area contributed by atoms with E-state index in [2.05, 4.69) is 5.32 Å². The van der Waals surface area contributed by atoms with Crippen molar-refractivity contribution in [3.05, 3.63) is 63.9 Å². The summed E-state index contributed by atoms with van der Waals surface area (Å²) >= 11 is 5.99. The second-order valence-electron chi connectivity index (χ2n) is 4.56. The van der Waals surface area contributed by atoms with Gasteiger partial charge in [-0.05, 0) is 42.3 Å². The number of methoxy groups -OCH3 is 1. The van der Waals surface area contributed by atoms with Gasteiger partial charge in [-0.15, -0.1) is 0 Å². The summed E-state index contributed by atoms with van der Waals surface area (Å²) in [7, 11) is 1.35. The highest BCUT2D eigenvalue weighted by Gasteiger charge is 2.11. The van der Waals surface area contributed by atoms with E-state index in [1.165, 1.54) is 19.2 Å². The number of rotatable bonds is 4. The Labute approximate surface area is 127 Å². The molecule has 0 aromatic heterocycles. The minimum atomic E-state index is -0.379. The van der Waals surface area contributed by atoms with Crippen molar-refractivity contribution < 1.29 is 13.9 Å². The van der Waals surface area contributed by atoms with Crippen LogP contribution in [-0.2, 0) is 11.3 Å². The van der Waals surface area contributed by atoms with E-state index < -0.39 is 0 Å². The summed E-state index contributed by atoms with van der Waals surface area (Å²) in [6.07, 6.45) is 0. The molecule has 0 amide bonds. The van der Waals surface area contributed by atoms with Crippen molar-refractivity contribution in [2.45, 2.75) is 13.5 Å². The smallest absolute Gasteiger partial charge is 0.338 e. The fraction of sp³-hybridized carbons (Fsp3) is 0.188. The number of carbonyl (C=O) groups excluding carboxylic acids is 1. The first-order chi connectivity index (χ1) is 10.0. The number of benzene rings is 2. The molecule has 5 heteroatoms. The molecule has 0 saturated heterocycles. The number of halogens is 2. The standard InChI is InChI=1S/C16H15ClFNO2/c1-10-13(16(20)21-2)4-3-5-15(10)19-9-11-6-7-12(18)8-14(11)17/h3-8,19H,9H2,1-2H3. The van der Waals surface area contributed by atoms with E-state index in [1.54, 1.807) is 18.2 Å². The van der Waals surface area contributed by atoms with E-state index in [-0.39, 0.29) is 11.8 Å². The number of hydrogen-bond acceptors (Lipinski definition) is 3. The van der Waals surface area contributed by atoms with Gasteiger partial charge in [-0.2, -0.15) is 0 Å². The van der Waals surface area contributed by atoms with Crippen LogP contribution in [0.3, 0.4) is 0 Å². The summed E-state index contributed by atoms with van der Waals surface area (Å²) in [4.78, 5) is 11.6. The Morgan fingerprint density at radius 3 is 2.76 bits per heavy atom. The summed E-state index contributed by atoms with van der Waals surface area (Å²) in [5.74, 6) is -0.747. The van der Waals surface area contributed by atoms with Crippen LogP contribution in [0.4, 0.5) is 10.1 Å². The third kappa shape index (κ3) is 3.52.